The van der Waals surface area contributed by atoms with Gasteiger partial charge in [-0.1, -0.05) is 6.92 Å². The van der Waals surface area contributed by atoms with Gasteiger partial charge in [0, 0.05) is 24.2 Å². The van der Waals surface area contributed by atoms with Crippen LogP contribution in [0.15, 0.2) is 6.07 Å². The lowest BCUT2D eigenvalue weighted by atomic mass is 9.97. The third-order valence-corrected chi connectivity index (χ3v) is 2.12. The molecule has 0 saturated carbocycles. The highest BCUT2D eigenvalue weighted by atomic mass is 19.1. The Hall–Kier alpha value is -1.67. The van der Waals surface area contributed by atoms with Crippen LogP contribution in [0.1, 0.15) is 24.0 Å². The van der Waals surface area contributed by atoms with E-state index in [0.29, 0.717) is 6.07 Å². The molecule has 5 heteroatoms. The van der Waals surface area contributed by atoms with Crippen molar-refractivity contribution in [3.63, 3.8) is 0 Å². The SMILES string of the molecule is CC(CO)c1c(F)cc(F)c(C#N)c1O. The lowest BCUT2D eigenvalue weighted by molar-refractivity contribution is 0.267. The fourth-order valence-electron chi connectivity index (χ4n) is 1.29. The average molecular weight is 213 g/mol. The zero-order valence-corrected chi connectivity index (χ0v) is 7.96. The lowest BCUT2D eigenvalue weighted by Crippen LogP contribution is -2.05. The molecule has 1 rings (SSSR count). The van der Waals surface area contributed by atoms with Crippen molar-refractivity contribution in [2.24, 2.45) is 0 Å². The van der Waals surface area contributed by atoms with Crippen molar-refractivity contribution in [1.82, 2.24) is 0 Å². The van der Waals surface area contributed by atoms with E-state index in [1.807, 2.05) is 0 Å². The Morgan fingerprint density at radius 1 is 1.47 bits per heavy atom. The second kappa shape index (κ2) is 4.24. The van der Waals surface area contributed by atoms with E-state index in [1.165, 1.54) is 13.0 Å². The van der Waals surface area contributed by atoms with Crippen molar-refractivity contribution in [3.8, 4) is 11.8 Å². The highest BCUT2D eigenvalue weighted by Gasteiger charge is 2.21. The van der Waals surface area contributed by atoms with Gasteiger partial charge in [0.15, 0.2) is 0 Å². The topological polar surface area (TPSA) is 64.2 Å². The summed E-state index contributed by atoms with van der Waals surface area (Å²) < 4.78 is 26.2. The van der Waals surface area contributed by atoms with Crippen molar-refractivity contribution in [1.29, 1.82) is 5.26 Å². The summed E-state index contributed by atoms with van der Waals surface area (Å²) in [6, 6.07) is 1.96. The van der Waals surface area contributed by atoms with Gasteiger partial charge in [0.2, 0.25) is 0 Å². The van der Waals surface area contributed by atoms with Crippen LogP contribution in [0.2, 0.25) is 0 Å². The van der Waals surface area contributed by atoms with Crippen LogP contribution in [0, 0.1) is 23.0 Å². The fourth-order valence-corrected chi connectivity index (χ4v) is 1.29. The summed E-state index contributed by atoms with van der Waals surface area (Å²) in [5, 5.41) is 26.8. The van der Waals surface area contributed by atoms with Crippen molar-refractivity contribution in [2.75, 3.05) is 6.61 Å². The summed E-state index contributed by atoms with van der Waals surface area (Å²) in [7, 11) is 0. The van der Waals surface area contributed by atoms with E-state index in [9.17, 15) is 13.9 Å². The first-order valence-corrected chi connectivity index (χ1v) is 4.24. The predicted octanol–water partition coefficient (Wildman–Crippen LogP) is 1.64. The van der Waals surface area contributed by atoms with Crippen LogP contribution in [-0.2, 0) is 0 Å². The molecule has 0 radical (unpaired) electrons. The molecular formula is C10H9F2NO2. The van der Waals surface area contributed by atoms with Gasteiger partial charge in [-0.05, 0) is 0 Å². The van der Waals surface area contributed by atoms with E-state index in [4.69, 9.17) is 10.4 Å². The van der Waals surface area contributed by atoms with Crippen molar-refractivity contribution in [2.45, 2.75) is 12.8 Å². The second-order valence-corrected chi connectivity index (χ2v) is 3.17. The summed E-state index contributed by atoms with van der Waals surface area (Å²) in [5.41, 5.74) is -0.845. The molecule has 1 unspecified atom stereocenters. The predicted molar refractivity (Wildman–Crippen MR) is 48.2 cm³/mol. The van der Waals surface area contributed by atoms with E-state index in [1.54, 1.807) is 0 Å². The molecule has 0 aliphatic heterocycles. The summed E-state index contributed by atoms with van der Waals surface area (Å²) in [4.78, 5) is 0. The molecule has 0 aliphatic rings. The van der Waals surface area contributed by atoms with Gasteiger partial charge in [-0.2, -0.15) is 5.26 Å². The Kier molecular flexibility index (Phi) is 3.22. The zero-order valence-electron chi connectivity index (χ0n) is 7.96. The van der Waals surface area contributed by atoms with E-state index < -0.39 is 35.5 Å². The fraction of sp³-hybridized carbons (Fsp3) is 0.300. The van der Waals surface area contributed by atoms with Crippen LogP contribution in [0.5, 0.6) is 5.75 Å². The molecule has 0 spiro atoms. The molecule has 0 saturated heterocycles. The molecular weight excluding hydrogens is 204 g/mol. The standard InChI is InChI=1S/C10H9F2NO2/c1-5(4-14)9-8(12)2-7(11)6(3-13)10(9)15/h2,5,14-15H,4H2,1H3. The summed E-state index contributed by atoms with van der Waals surface area (Å²) in [6.07, 6.45) is 0. The first-order valence-electron chi connectivity index (χ1n) is 4.24. The molecule has 2 N–H and O–H groups in total. The molecule has 0 amide bonds. The Balaban J connectivity index is 3.47. The number of phenols is 1. The minimum absolute atomic E-state index is 0.240. The monoisotopic (exact) mass is 213 g/mol. The molecule has 0 aromatic heterocycles. The summed E-state index contributed by atoms with van der Waals surface area (Å²) >= 11 is 0. The van der Waals surface area contributed by atoms with Gasteiger partial charge in [0.1, 0.15) is 29.0 Å². The van der Waals surface area contributed by atoms with Crippen LogP contribution in [0.25, 0.3) is 0 Å². The molecule has 0 heterocycles. The van der Waals surface area contributed by atoms with E-state index in [2.05, 4.69) is 0 Å². The Morgan fingerprint density at radius 3 is 2.53 bits per heavy atom. The summed E-state index contributed by atoms with van der Waals surface area (Å²) in [6.45, 7) is 1.05. The molecule has 1 aromatic rings. The number of nitrogens with zero attached hydrogens (tertiary/aromatic N) is 1. The molecule has 1 aromatic carbocycles. The van der Waals surface area contributed by atoms with Crippen LogP contribution in [0.3, 0.4) is 0 Å². The number of hydrogen-bond acceptors (Lipinski definition) is 3. The first-order chi connectivity index (χ1) is 7.02. The van der Waals surface area contributed by atoms with E-state index >= 15 is 0 Å². The highest BCUT2D eigenvalue weighted by molar-refractivity contribution is 5.50. The number of aliphatic hydroxyl groups excluding tert-OH is 1. The highest BCUT2D eigenvalue weighted by Crippen LogP contribution is 2.32. The van der Waals surface area contributed by atoms with Gasteiger partial charge in [0.25, 0.3) is 0 Å². The molecule has 80 valence electrons. The normalized spacial score (nSPS) is 12.2. The number of halogens is 2. The van der Waals surface area contributed by atoms with Gasteiger partial charge in [-0.3, -0.25) is 0 Å². The molecule has 0 bridgehead atoms. The number of nitriles is 1. The van der Waals surface area contributed by atoms with Gasteiger partial charge in [-0.25, -0.2) is 8.78 Å². The van der Waals surface area contributed by atoms with Crippen LogP contribution in [0.4, 0.5) is 8.78 Å². The van der Waals surface area contributed by atoms with Gasteiger partial charge < -0.3 is 10.2 Å². The third kappa shape index (κ3) is 1.90. The van der Waals surface area contributed by atoms with Crippen molar-refractivity contribution in [3.05, 3.63) is 28.8 Å². The van der Waals surface area contributed by atoms with Crippen molar-refractivity contribution < 1.29 is 19.0 Å². The maximum absolute atomic E-state index is 13.2. The Morgan fingerprint density at radius 2 is 2.07 bits per heavy atom. The molecule has 0 fully saturated rings. The minimum Gasteiger partial charge on any atom is -0.506 e. The average Bonchev–Trinajstić information content (AvgIpc) is 2.17. The van der Waals surface area contributed by atoms with Crippen molar-refractivity contribution >= 4 is 0 Å². The van der Waals surface area contributed by atoms with E-state index in [-0.39, 0.29) is 5.56 Å². The number of benzene rings is 1. The van der Waals surface area contributed by atoms with Crippen LogP contribution in [-0.4, -0.2) is 16.8 Å². The smallest absolute Gasteiger partial charge is 0.147 e. The number of phenolic OH excluding ortho intramolecular Hbond substituents is 1. The van der Waals surface area contributed by atoms with E-state index in [0.717, 1.165) is 0 Å². The molecule has 0 aliphatic carbocycles. The largest absolute Gasteiger partial charge is 0.506 e. The van der Waals surface area contributed by atoms with Crippen LogP contribution < -0.4 is 0 Å². The molecule has 15 heavy (non-hydrogen) atoms. The second-order valence-electron chi connectivity index (χ2n) is 3.17. The number of aromatic hydroxyl groups is 1. The number of aliphatic hydroxyl groups is 1. The summed E-state index contributed by atoms with van der Waals surface area (Å²) in [5.74, 6) is -3.51. The lowest BCUT2D eigenvalue weighted by Gasteiger charge is -2.12. The van der Waals surface area contributed by atoms with Gasteiger partial charge >= 0.3 is 0 Å². The minimum atomic E-state index is -1.11. The zero-order chi connectivity index (χ0) is 11.6. The first kappa shape index (κ1) is 11.4. The quantitative estimate of drug-likeness (QED) is 0.784. The van der Waals surface area contributed by atoms with Gasteiger partial charge in [-0.15, -0.1) is 0 Å². The maximum atomic E-state index is 13.2. The third-order valence-electron chi connectivity index (χ3n) is 2.12. The number of rotatable bonds is 2. The Bertz CT molecular complexity index is 426. The van der Waals surface area contributed by atoms with Gasteiger partial charge in [0.05, 0.1) is 0 Å². The maximum Gasteiger partial charge on any atom is 0.147 e. The molecule has 1 atom stereocenters. The Labute approximate surface area is 85.2 Å². The number of hydrogen-bond donors (Lipinski definition) is 2. The molecule has 3 nitrogen and oxygen atoms in total. The van der Waals surface area contributed by atoms with Crippen LogP contribution >= 0.6 is 0 Å².